The lowest BCUT2D eigenvalue weighted by Crippen LogP contribution is -2.48. The van der Waals surface area contributed by atoms with Gasteiger partial charge in [-0.25, -0.2) is 0 Å². The number of hydrogen-bond acceptors (Lipinski definition) is 4. The molecule has 0 saturated carbocycles. The third-order valence-electron chi connectivity index (χ3n) is 3.91. The topological polar surface area (TPSA) is 62.4 Å². The van der Waals surface area contributed by atoms with Gasteiger partial charge in [0, 0.05) is 24.8 Å². The van der Waals surface area contributed by atoms with Crippen molar-refractivity contribution in [1.29, 1.82) is 0 Å². The van der Waals surface area contributed by atoms with Gasteiger partial charge in [0.1, 0.15) is 5.75 Å². The van der Waals surface area contributed by atoms with Crippen molar-refractivity contribution in [1.82, 2.24) is 9.88 Å². The highest BCUT2D eigenvalue weighted by Crippen LogP contribution is 2.26. The first-order chi connectivity index (χ1) is 8.61. The monoisotopic (exact) mass is 285 g/mol. The molecule has 4 nitrogen and oxygen atoms in total. The maximum absolute atomic E-state index is 9.87. The summed E-state index contributed by atoms with van der Waals surface area (Å²) in [6.07, 6.45) is 2.44. The van der Waals surface area contributed by atoms with Crippen molar-refractivity contribution >= 4 is 12.4 Å². The second-order valence-electron chi connectivity index (χ2n) is 5.31. The summed E-state index contributed by atoms with van der Waals surface area (Å²) in [5, 5.41) is 9.87. The molecule has 2 atom stereocenters. The highest BCUT2D eigenvalue weighted by atomic mass is 35.5. The molecule has 108 valence electrons. The fraction of sp³-hybridized carbons (Fsp3) is 0.643. The Balaban J connectivity index is 0.00000180. The van der Waals surface area contributed by atoms with Gasteiger partial charge in [-0.1, -0.05) is 6.92 Å². The first-order valence-electron chi connectivity index (χ1n) is 6.71. The number of likely N-dealkylation sites (tertiary alicyclic amines) is 1. The molecule has 0 spiro atoms. The van der Waals surface area contributed by atoms with Crippen LogP contribution >= 0.6 is 12.4 Å². The summed E-state index contributed by atoms with van der Waals surface area (Å²) in [5.74, 6) is 0.908. The summed E-state index contributed by atoms with van der Waals surface area (Å²) in [6, 6.07) is 3.96. The fourth-order valence-electron chi connectivity index (χ4n) is 2.82. The highest BCUT2D eigenvalue weighted by molar-refractivity contribution is 5.85. The predicted molar refractivity (Wildman–Crippen MR) is 79.5 cm³/mol. The van der Waals surface area contributed by atoms with Crippen molar-refractivity contribution in [2.24, 2.45) is 11.7 Å². The number of nitrogens with two attached hydrogens (primary N) is 1. The van der Waals surface area contributed by atoms with E-state index in [9.17, 15) is 5.11 Å². The molecule has 1 aliphatic rings. The van der Waals surface area contributed by atoms with Crippen LogP contribution in [0.15, 0.2) is 12.1 Å². The summed E-state index contributed by atoms with van der Waals surface area (Å²) in [4.78, 5) is 6.78. The van der Waals surface area contributed by atoms with Gasteiger partial charge in [0.2, 0.25) is 0 Å². The summed E-state index contributed by atoms with van der Waals surface area (Å²) < 4.78 is 0. The Morgan fingerprint density at radius 3 is 2.89 bits per heavy atom. The number of pyridine rings is 1. The van der Waals surface area contributed by atoms with Crippen LogP contribution in [-0.2, 0) is 6.54 Å². The SMILES string of the molecule is Cc1ccc(O)c(CN2CCCC(C)C2CN)n1.Cl. The lowest BCUT2D eigenvalue weighted by Gasteiger charge is -2.39. The number of aryl methyl sites for hydroxylation is 1. The van der Waals surface area contributed by atoms with E-state index in [1.54, 1.807) is 6.07 Å². The Morgan fingerprint density at radius 1 is 1.47 bits per heavy atom. The standard InChI is InChI=1S/C14H23N3O.ClH/c1-10-4-3-7-17(13(10)8-15)9-12-14(18)6-5-11(2)16-12;/h5-6,10,13,18H,3-4,7-9,15H2,1-2H3;1H. The van der Waals surface area contributed by atoms with Crippen LogP contribution in [0.3, 0.4) is 0 Å². The quantitative estimate of drug-likeness (QED) is 0.892. The average Bonchev–Trinajstić information content (AvgIpc) is 2.34. The molecule has 1 aliphatic heterocycles. The van der Waals surface area contributed by atoms with Crippen LogP contribution in [0.1, 0.15) is 31.2 Å². The van der Waals surface area contributed by atoms with Crippen molar-refractivity contribution in [2.45, 2.75) is 39.3 Å². The van der Waals surface area contributed by atoms with E-state index in [0.29, 0.717) is 25.0 Å². The molecule has 0 aromatic carbocycles. The van der Waals surface area contributed by atoms with Crippen molar-refractivity contribution in [2.75, 3.05) is 13.1 Å². The maximum Gasteiger partial charge on any atom is 0.138 e. The number of rotatable bonds is 3. The molecule has 2 heterocycles. The van der Waals surface area contributed by atoms with Crippen molar-refractivity contribution in [3.63, 3.8) is 0 Å². The minimum Gasteiger partial charge on any atom is -0.506 e. The third kappa shape index (κ3) is 3.81. The molecule has 2 unspecified atom stereocenters. The second kappa shape index (κ2) is 7.08. The Kier molecular flexibility index (Phi) is 6.04. The molecule has 0 bridgehead atoms. The Hall–Kier alpha value is -0.840. The van der Waals surface area contributed by atoms with Crippen LogP contribution in [-0.4, -0.2) is 34.1 Å². The average molecular weight is 286 g/mol. The van der Waals surface area contributed by atoms with Gasteiger partial charge in [0.15, 0.2) is 0 Å². The number of aromatic nitrogens is 1. The Bertz CT molecular complexity index is 414. The maximum atomic E-state index is 9.87. The van der Waals surface area contributed by atoms with Crippen LogP contribution < -0.4 is 5.73 Å². The number of piperidine rings is 1. The zero-order valence-corrected chi connectivity index (χ0v) is 12.5. The van der Waals surface area contributed by atoms with Gasteiger partial charge >= 0.3 is 0 Å². The van der Waals surface area contributed by atoms with Crippen LogP contribution in [0, 0.1) is 12.8 Å². The van der Waals surface area contributed by atoms with Gasteiger partial charge in [0.05, 0.1) is 5.69 Å². The Morgan fingerprint density at radius 2 is 2.21 bits per heavy atom. The molecular formula is C14H24ClN3O. The molecule has 0 amide bonds. The van der Waals surface area contributed by atoms with Gasteiger partial charge in [-0.15, -0.1) is 12.4 Å². The first-order valence-corrected chi connectivity index (χ1v) is 6.71. The van der Waals surface area contributed by atoms with Crippen LogP contribution in [0.25, 0.3) is 0 Å². The molecular weight excluding hydrogens is 262 g/mol. The van der Waals surface area contributed by atoms with Crippen LogP contribution in [0.4, 0.5) is 0 Å². The zero-order valence-electron chi connectivity index (χ0n) is 11.7. The molecule has 1 fully saturated rings. The van der Waals surface area contributed by atoms with E-state index in [-0.39, 0.29) is 18.2 Å². The lowest BCUT2D eigenvalue weighted by molar-refractivity contribution is 0.0968. The molecule has 0 radical (unpaired) electrons. The molecule has 19 heavy (non-hydrogen) atoms. The highest BCUT2D eigenvalue weighted by Gasteiger charge is 2.28. The first kappa shape index (κ1) is 16.2. The largest absolute Gasteiger partial charge is 0.506 e. The van der Waals surface area contributed by atoms with E-state index in [1.807, 2.05) is 13.0 Å². The van der Waals surface area contributed by atoms with E-state index in [0.717, 1.165) is 17.9 Å². The molecule has 1 saturated heterocycles. The van der Waals surface area contributed by atoms with E-state index < -0.39 is 0 Å². The van der Waals surface area contributed by atoms with Gasteiger partial charge in [-0.05, 0) is 44.4 Å². The number of nitrogens with zero attached hydrogens (tertiary/aromatic N) is 2. The van der Waals surface area contributed by atoms with E-state index in [1.165, 1.54) is 12.8 Å². The molecule has 1 aromatic rings. The van der Waals surface area contributed by atoms with Crippen LogP contribution in [0.2, 0.25) is 0 Å². The van der Waals surface area contributed by atoms with Crippen molar-refractivity contribution in [3.05, 3.63) is 23.5 Å². The van der Waals surface area contributed by atoms with Crippen molar-refractivity contribution in [3.8, 4) is 5.75 Å². The fourth-order valence-corrected chi connectivity index (χ4v) is 2.82. The summed E-state index contributed by atoms with van der Waals surface area (Å²) in [5.41, 5.74) is 7.59. The van der Waals surface area contributed by atoms with Crippen LogP contribution in [0.5, 0.6) is 5.75 Å². The summed E-state index contributed by atoms with van der Waals surface area (Å²) in [7, 11) is 0. The third-order valence-corrected chi connectivity index (χ3v) is 3.91. The summed E-state index contributed by atoms with van der Waals surface area (Å²) in [6.45, 7) is 6.62. The number of halogens is 1. The van der Waals surface area contributed by atoms with Crippen molar-refractivity contribution < 1.29 is 5.11 Å². The minimum atomic E-state index is 0. The molecule has 3 N–H and O–H groups in total. The normalized spacial score (nSPS) is 23.9. The Labute approximate surface area is 121 Å². The number of hydrogen-bond donors (Lipinski definition) is 2. The van der Waals surface area contributed by atoms with Gasteiger partial charge in [-0.3, -0.25) is 9.88 Å². The molecule has 0 aliphatic carbocycles. The smallest absolute Gasteiger partial charge is 0.138 e. The van der Waals surface area contributed by atoms with Gasteiger partial charge in [0.25, 0.3) is 0 Å². The molecule has 5 heteroatoms. The predicted octanol–water partition coefficient (Wildman–Crippen LogP) is 2.08. The van der Waals surface area contributed by atoms with Gasteiger partial charge in [-0.2, -0.15) is 0 Å². The number of aromatic hydroxyl groups is 1. The zero-order chi connectivity index (χ0) is 13.1. The van der Waals surface area contributed by atoms with Gasteiger partial charge < -0.3 is 10.8 Å². The summed E-state index contributed by atoms with van der Waals surface area (Å²) >= 11 is 0. The molecule has 2 rings (SSSR count). The molecule has 1 aromatic heterocycles. The van der Waals surface area contributed by atoms with E-state index in [4.69, 9.17) is 5.73 Å². The lowest BCUT2D eigenvalue weighted by atomic mass is 9.90. The minimum absolute atomic E-state index is 0. The second-order valence-corrected chi connectivity index (χ2v) is 5.31. The van der Waals surface area contributed by atoms with E-state index in [2.05, 4.69) is 16.8 Å². The van der Waals surface area contributed by atoms with E-state index >= 15 is 0 Å².